The first-order valence-electron chi connectivity index (χ1n) is 5.15. The van der Waals surface area contributed by atoms with E-state index in [0.717, 1.165) is 18.5 Å². The second-order valence-electron chi connectivity index (χ2n) is 3.43. The summed E-state index contributed by atoms with van der Waals surface area (Å²) in [4.78, 5) is 0. The van der Waals surface area contributed by atoms with Crippen LogP contribution in [0, 0.1) is 0 Å². The Morgan fingerprint density at radius 2 is 2.40 bits per heavy atom. The fourth-order valence-corrected chi connectivity index (χ4v) is 2.39. The Morgan fingerprint density at radius 3 is 3.00 bits per heavy atom. The maximum Gasteiger partial charge on any atom is 0.0964 e. The molecule has 0 fully saturated rings. The van der Waals surface area contributed by atoms with Crippen molar-refractivity contribution in [2.75, 3.05) is 6.54 Å². The number of aromatic amines is 1. The molecule has 2 aromatic rings. The van der Waals surface area contributed by atoms with Crippen LogP contribution in [-0.4, -0.2) is 16.7 Å². The quantitative estimate of drug-likeness (QED) is 0.831. The Balaban J connectivity index is 2.43. The van der Waals surface area contributed by atoms with Crippen LogP contribution < -0.4 is 5.73 Å². The zero-order valence-electron chi connectivity index (χ0n) is 8.79. The van der Waals surface area contributed by atoms with E-state index in [0.29, 0.717) is 6.54 Å². The number of H-pyrrole nitrogens is 1. The van der Waals surface area contributed by atoms with Crippen LogP contribution in [0.1, 0.15) is 18.2 Å². The van der Waals surface area contributed by atoms with Crippen LogP contribution in [0.3, 0.4) is 0 Å². The molecule has 0 radical (unpaired) electrons. The summed E-state index contributed by atoms with van der Waals surface area (Å²) in [5.41, 5.74) is 10.4. The van der Waals surface area contributed by atoms with Gasteiger partial charge < -0.3 is 5.73 Å². The van der Waals surface area contributed by atoms with Gasteiger partial charge in [-0.3, -0.25) is 5.10 Å². The number of nitrogens with two attached hydrogens (primary N) is 1. The molecule has 0 unspecified atom stereocenters. The minimum atomic E-state index is 0.670. The molecule has 0 bridgehead atoms. The van der Waals surface area contributed by atoms with E-state index in [1.807, 2.05) is 0 Å². The first kappa shape index (κ1) is 10.4. The number of rotatable bonds is 4. The Labute approximate surface area is 93.3 Å². The largest absolute Gasteiger partial charge is 0.330 e. The number of nitrogens with one attached hydrogen (secondary N) is 1. The van der Waals surface area contributed by atoms with Gasteiger partial charge in [0, 0.05) is 22.2 Å². The Bertz CT molecular complexity index is 417. The molecule has 4 heteroatoms. The molecule has 2 rings (SSSR count). The van der Waals surface area contributed by atoms with Crippen LogP contribution in [0.5, 0.6) is 0 Å². The van der Waals surface area contributed by atoms with Crippen molar-refractivity contribution in [2.24, 2.45) is 5.73 Å². The van der Waals surface area contributed by atoms with Gasteiger partial charge in [0.05, 0.1) is 5.69 Å². The molecule has 0 saturated carbocycles. The number of thiophene rings is 1. The van der Waals surface area contributed by atoms with E-state index in [-0.39, 0.29) is 0 Å². The highest BCUT2D eigenvalue weighted by atomic mass is 32.1. The molecule has 2 heterocycles. The molecule has 0 aromatic carbocycles. The number of nitrogens with zero attached hydrogens (tertiary/aromatic N) is 1. The Kier molecular flexibility index (Phi) is 3.18. The third kappa shape index (κ3) is 1.96. The summed E-state index contributed by atoms with van der Waals surface area (Å²) in [6, 6.07) is 2.10. The van der Waals surface area contributed by atoms with Gasteiger partial charge in [-0.05, 0) is 30.8 Å². The zero-order valence-corrected chi connectivity index (χ0v) is 9.60. The third-order valence-electron chi connectivity index (χ3n) is 2.50. The van der Waals surface area contributed by atoms with E-state index in [1.165, 1.54) is 16.8 Å². The molecular formula is C11H15N3S. The molecule has 0 aliphatic heterocycles. The predicted molar refractivity (Wildman–Crippen MR) is 64.0 cm³/mol. The van der Waals surface area contributed by atoms with Crippen LogP contribution in [-0.2, 0) is 12.8 Å². The van der Waals surface area contributed by atoms with Crippen molar-refractivity contribution < 1.29 is 0 Å². The van der Waals surface area contributed by atoms with Crippen molar-refractivity contribution in [3.63, 3.8) is 0 Å². The molecule has 0 aliphatic rings. The van der Waals surface area contributed by atoms with Crippen molar-refractivity contribution in [1.82, 2.24) is 10.2 Å². The van der Waals surface area contributed by atoms with Crippen molar-refractivity contribution in [2.45, 2.75) is 19.8 Å². The molecule has 0 amide bonds. The predicted octanol–water partition coefficient (Wildman–Crippen LogP) is 2.20. The lowest BCUT2D eigenvalue weighted by atomic mass is 10.0. The average molecular weight is 221 g/mol. The van der Waals surface area contributed by atoms with Crippen molar-refractivity contribution in [3.05, 3.63) is 28.1 Å². The van der Waals surface area contributed by atoms with Gasteiger partial charge in [0.15, 0.2) is 0 Å². The van der Waals surface area contributed by atoms with E-state index in [2.05, 4.69) is 33.9 Å². The van der Waals surface area contributed by atoms with Crippen LogP contribution >= 0.6 is 11.3 Å². The van der Waals surface area contributed by atoms with Gasteiger partial charge in [0.2, 0.25) is 0 Å². The first-order valence-corrected chi connectivity index (χ1v) is 6.09. The van der Waals surface area contributed by atoms with E-state index in [9.17, 15) is 0 Å². The lowest BCUT2D eigenvalue weighted by Crippen LogP contribution is -2.04. The summed E-state index contributed by atoms with van der Waals surface area (Å²) in [5.74, 6) is 0. The van der Waals surface area contributed by atoms with Crippen molar-refractivity contribution in [1.29, 1.82) is 0 Å². The third-order valence-corrected chi connectivity index (χ3v) is 3.18. The van der Waals surface area contributed by atoms with Gasteiger partial charge in [-0.25, -0.2) is 0 Å². The van der Waals surface area contributed by atoms with E-state index in [1.54, 1.807) is 11.3 Å². The van der Waals surface area contributed by atoms with Gasteiger partial charge in [0.25, 0.3) is 0 Å². The minimum absolute atomic E-state index is 0.670. The standard InChI is InChI=1S/C11H15N3S/c1-2-10-9(3-5-12)11(14-13-10)8-4-6-15-7-8/h4,6-7H,2-3,5,12H2,1H3,(H,13,14). The van der Waals surface area contributed by atoms with Gasteiger partial charge in [-0.2, -0.15) is 16.4 Å². The highest BCUT2D eigenvalue weighted by Crippen LogP contribution is 2.26. The van der Waals surface area contributed by atoms with Crippen LogP contribution in [0.25, 0.3) is 11.3 Å². The molecule has 0 saturated heterocycles. The summed E-state index contributed by atoms with van der Waals surface area (Å²) in [6.45, 7) is 2.80. The molecule has 0 atom stereocenters. The summed E-state index contributed by atoms with van der Waals surface area (Å²) in [6.07, 6.45) is 1.87. The molecule has 2 aromatic heterocycles. The smallest absolute Gasteiger partial charge is 0.0964 e. The van der Waals surface area contributed by atoms with E-state index < -0.39 is 0 Å². The van der Waals surface area contributed by atoms with E-state index in [4.69, 9.17) is 5.73 Å². The molecule has 0 aliphatic carbocycles. The van der Waals surface area contributed by atoms with Crippen LogP contribution in [0.15, 0.2) is 16.8 Å². The van der Waals surface area contributed by atoms with Crippen molar-refractivity contribution in [3.8, 4) is 11.3 Å². The summed E-state index contributed by atoms with van der Waals surface area (Å²) < 4.78 is 0. The monoisotopic (exact) mass is 221 g/mol. The molecule has 80 valence electrons. The maximum atomic E-state index is 5.63. The first-order chi connectivity index (χ1) is 7.36. The number of hydrogen-bond donors (Lipinski definition) is 2. The van der Waals surface area contributed by atoms with E-state index >= 15 is 0 Å². The molecule has 15 heavy (non-hydrogen) atoms. The van der Waals surface area contributed by atoms with Crippen LogP contribution in [0.4, 0.5) is 0 Å². The fraction of sp³-hybridized carbons (Fsp3) is 0.364. The zero-order chi connectivity index (χ0) is 10.7. The fourth-order valence-electron chi connectivity index (χ4n) is 1.75. The topological polar surface area (TPSA) is 54.7 Å². The highest BCUT2D eigenvalue weighted by Gasteiger charge is 2.12. The van der Waals surface area contributed by atoms with Gasteiger partial charge in [-0.15, -0.1) is 0 Å². The Hall–Kier alpha value is -1.13. The van der Waals surface area contributed by atoms with Crippen LogP contribution in [0.2, 0.25) is 0 Å². The van der Waals surface area contributed by atoms with Gasteiger partial charge >= 0.3 is 0 Å². The van der Waals surface area contributed by atoms with Crippen molar-refractivity contribution >= 4 is 11.3 Å². The molecular weight excluding hydrogens is 206 g/mol. The van der Waals surface area contributed by atoms with Gasteiger partial charge in [-0.1, -0.05) is 6.92 Å². The molecule has 3 nitrogen and oxygen atoms in total. The normalized spacial score (nSPS) is 10.8. The Morgan fingerprint density at radius 1 is 1.53 bits per heavy atom. The molecule has 0 spiro atoms. The maximum absolute atomic E-state index is 5.63. The molecule has 3 N–H and O–H groups in total. The summed E-state index contributed by atoms with van der Waals surface area (Å²) in [7, 11) is 0. The van der Waals surface area contributed by atoms with Gasteiger partial charge in [0.1, 0.15) is 0 Å². The SMILES string of the molecule is CCc1[nH]nc(-c2ccsc2)c1CCN. The lowest BCUT2D eigenvalue weighted by Gasteiger charge is -2.01. The summed E-state index contributed by atoms with van der Waals surface area (Å²) in [5, 5.41) is 11.7. The lowest BCUT2D eigenvalue weighted by molar-refractivity contribution is 0.921. The number of aromatic nitrogens is 2. The summed E-state index contributed by atoms with van der Waals surface area (Å²) >= 11 is 1.69. The second kappa shape index (κ2) is 4.59. The average Bonchev–Trinajstić information content (AvgIpc) is 2.85. The highest BCUT2D eigenvalue weighted by molar-refractivity contribution is 7.08. The minimum Gasteiger partial charge on any atom is -0.330 e. The number of hydrogen-bond acceptors (Lipinski definition) is 3. The number of aryl methyl sites for hydroxylation is 1. The second-order valence-corrected chi connectivity index (χ2v) is 4.21.